The largest absolute Gasteiger partial charge is 0.352 e. The van der Waals surface area contributed by atoms with Crippen molar-refractivity contribution in [1.82, 2.24) is 10.6 Å². The van der Waals surface area contributed by atoms with Crippen molar-refractivity contribution in [2.45, 2.75) is 38.7 Å². The van der Waals surface area contributed by atoms with Crippen molar-refractivity contribution in [3.05, 3.63) is 35.4 Å². The minimum Gasteiger partial charge on any atom is -0.352 e. The van der Waals surface area contributed by atoms with Crippen molar-refractivity contribution < 1.29 is 9.59 Å². The summed E-state index contributed by atoms with van der Waals surface area (Å²) in [5.41, 5.74) is 1.37. The maximum absolute atomic E-state index is 12.0. The Bertz CT molecular complexity index is 461. The molecule has 1 rings (SSSR count). The first kappa shape index (κ1) is 15.5. The van der Waals surface area contributed by atoms with E-state index in [0.29, 0.717) is 11.4 Å². The van der Waals surface area contributed by atoms with Crippen molar-refractivity contribution >= 4 is 23.4 Å². The van der Waals surface area contributed by atoms with Gasteiger partial charge in [0.15, 0.2) is 0 Å². The first-order chi connectivity index (χ1) is 8.93. The molecular weight excluding hydrogens is 264 g/mol. The summed E-state index contributed by atoms with van der Waals surface area (Å²) in [4.78, 5) is 23.7. The molecule has 0 aliphatic carbocycles. The Balaban J connectivity index is 2.65. The molecule has 0 aliphatic heterocycles. The second kappa shape index (κ2) is 7.14. The maximum Gasteiger partial charge on any atom is 0.251 e. The van der Waals surface area contributed by atoms with Gasteiger partial charge in [-0.15, -0.1) is 11.6 Å². The Morgan fingerprint density at radius 3 is 2.47 bits per heavy atom. The lowest BCUT2D eigenvalue weighted by molar-refractivity contribution is -0.123. The summed E-state index contributed by atoms with van der Waals surface area (Å²) < 4.78 is 0. The standard InChI is InChI=1S/C14H19ClN2O2/c1-9(2)16-13(18)10(3)17-14(19)12-6-4-5-11(7-12)8-15/h4-7,9-10H,8H2,1-3H3,(H,16,18)(H,17,19). The molecule has 1 unspecified atom stereocenters. The van der Waals surface area contributed by atoms with E-state index in [2.05, 4.69) is 10.6 Å². The van der Waals surface area contributed by atoms with Crippen molar-refractivity contribution in [3.8, 4) is 0 Å². The first-order valence-electron chi connectivity index (χ1n) is 6.20. The number of carbonyl (C=O) groups is 2. The highest BCUT2D eigenvalue weighted by molar-refractivity contribution is 6.17. The van der Waals surface area contributed by atoms with Crippen LogP contribution < -0.4 is 10.6 Å². The van der Waals surface area contributed by atoms with E-state index in [4.69, 9.17) is 11.6 Å². The zero-order chi connectivity index (χ0) is 14.4. The van der Waals surface area contributed by atoms with Gasteiger partial charge in [0.05, 0.1) is 0 Å². The van der Waals surface area contributed by atoms with Crippen LogP contribution in [0.4, 0.5) is 0 Å². The molecule has 2 N–H and O–H groups in total. The Morgan fingerprint density at radius 1 is 1.21 bits per heavy atom. The minimum absolute atomic E-state index is 0.0476. The van der Waals surface area contributed by atoms with Crippen LogP contribution in [0.3, 0.4) is 0 Å². The van der Waals surface area contributed by atoms with Gasteiger partial charge < -0.3 is 10.6 Å². The van der Waals surface area contributed by atoms with Gasteiger partial charge in [-0.1, -0.05) is 12.1 Å². The van der Waals surface area contributed by atoms with Gasteiger partial charge in [0.1, 0.15) is 6.04 Å². The summed E-state index contributed by atoms with van der Waals surface area (Å²) in [6.45, 7) is 5.40. The molecule has 0 radical (unpaired) electrons. The molecule has 104 valence electrons. The number of halogens is 1. The second-order valence-corrected chi connectivity index (χ2v) is 4.96. The van der Waals surface area contributed by atoms with Crippen LogP contribution in [-0.4, -0.2) is 23.9 Å². The van der Waals surface area contributed by atoms with E-state index in [1.165, 1.54) is 0 Å². The Morgan fingerprint density at radius 2 is 1.89 bits per heavy atom. The predicted molar refractivity (Wildman–Crippen MR) is 76.2 cm³/mol. The third-order valence-corrected chi connectivity index (χ3v) is 2.82. The minimum atomic E-state index is -0.574. The van der Waals surface area contributed by atoms with Crippen LogP contribution in [0.25, 0.3) is 0 Å². The van der Waals surface area contributed by atoms with Crippen LogP contribution in [0.1, 0.15) is 36.7 Å². The Hall–Kier alpha value is -1.55. The lowest BCUT2D eigenvalue weighted by Crippen LogP contribution is -2.46. The number of alkyl halides is 1. The van der Waals surface area contributed by atoms with Gasteiger partial charge in [-0.2, -0.15) is 0 Å². The highest BCUT2D eigenvalue weighted by Gasteiger charge is 2.17. The van der Waals surface area contributed by atoms with E-state index < -0.39 is 6.04 Å². The van der Waals surface area contributed by atoms with E-state index >= 15 is 0 Å². The maximum atomic E-state index is 12.0. The van der Waals surface area contributed by atoms with Crippen molar-refractivity contribution in [1.29, 1.82) is 0 Å². The normalized spacial score (nSPS) is 12.1. The second-order valence-electron chi connectivity index (χ2n) is 4.69. The van der Waals surface area contributed by atoms with Crippen LogP contribution in [-0.2, 0) is 10.7 Å². The predicted octanol–water partition coefficient (Wildman–Crippen LogP) is 2.07. The van der Waals surface area contributed by atoms with Crippen molar-refractivity contribution in [2.75, 3.05) is 0 Å². The molecule has 5 heteroatoms. The van der Waals surface area contributed by atoms with Crippen LogP contribution in [0.15, 0.2) is 24.3 Å². The molecular formula is C14H19ClN2O2. The SMILES string of the molecule is CC(C)NC(=O)C(C)NC(=O)c1cccc(CCl)c1. The molecule has 0 saturated heterocycles. The molecule has 0 heterocycles. The van der Waals surface area contributed by atoms with Gasteiger partial charge in [-0.25, -0.2) is 0 Å². The zero-order valence-corrected chi connectivity index (χ0v) is 12.1. The van der Waals surface area contributed by atoms with Crippen LogP contribution in [0, 0.1) is 0 Å². The fourth-order valence-electron chi connectivity index (χ4n) is 1.55. The van der Waals surface area contributed by atoms with Gasteiger partial charge in [0.25, 0.3) is 5.91 Å². The quantitative estimate of drug-likeness (QED) is 0.812. The third-order valence-electron chi connectivity index (χ3n) is 2.52. The molecule has 1 aromatic rings. The summed E-state index contributed by atoms with van der Waals surface area (Å²) in [6, 6.07) is 6.50. The average Bonchev–Trinajstić information content (AvgIpc) is 2.37. The summed E-state index contributed by atoms with van der Waals surface area (Å²) in [6.07, 6.45) is 0. The monoisotopic (exact) mass is 282 g/mol. The highest BCUT2D eigenvalue weighted by atomic mass is 35.5. The van der Waals surface area contributed by atoms with E-state index in [1.807, 2.05) is 19.9 Å². The lowest BCUT2D eigenvalue weighted by Gasteiger charge is -2.16. The number of amides is 2. The zero-order valence-electron chi connectivity index (χ0n) is 11.4. The number of carbonyl (C=O) groups excluding carboxylic acids is 2. The summed E-state index contributed by atoms with van der Waals surface area (Å²) >= 11 is 5.72. The smallest absolute Gasteiger partial charge is 0.251 e. The Kier molecular flexibility index (Phi) is 5.83. The molecule has 19 heavy (non-hydrogen) atoms. The fourth-order valence-corrected chi connectivity index (χ4v) is 1.72. The molecule has 0 aliphatic rings. The van der Waals surface area contributed by atoms with Crippen molar-refractivity contribution in [3.63, 3.8) is 0 Å². The molecule has 1 atom stereocenters. The lowest BCUT2D eigenvalue weighted by atomic mass is 10.1. The molecule has 4 nitrogen and oxygen atoms in total. The molecule has 0 fully saturated rings. The summed E-state index contributed by atoms with van der Waals surface area (Å²) in [5, 5.41) is 5.41. The van der Waals surface area contributed by atoms with E-state index in [-0.39, 0.29) is 17.9 Å². The summed E-state index contributed by atoms with van der Waals surface area (Å²) in [7, 11) is 0. The van der Waals surface area contributed by atoms with E-state index in [0.717, 1.165) is 5.56 Å². The van der Waals surface area contributed by atoms with Gasteiger partial charge in [0, 0.05) is 17.5 Å². The molecule has 1 aromatic carbocycles. The Labute approximate surface area is 118 Å². The van der Waals surface area contributed by atoms with Crippen molar-refractivity contribution in [2.24, 2.45) is 0 Å². The molecule has 0 bridgehead atoms. The number of nitrogens with one attached hydrogen (secondary N) is 2. The molecule has 2 amide bonds. The third kappa shape index (κ3) is 4.91. The van der Waals surface area contributed by atoms with E-state index in [9.17, 15) is 9.59 Å². The first-order valence-corrected chi connectivity index (χ1v) is 6.73. The fraction of sp³-hybridized carbons (Fsp3) is 0.429. The van der Waals surface area contributed by atoms with Crippen LogP contribution in [0.2, 0.25) is 0 Å². The molecule has 0 spiro atoms. The van der Waals surface area contributed by atoms with E-state index in [1.54, 1.807) is 25.1 Å². The number of benzene rings is 1. The van der Waals surface area contributed by atoms with Crippen LogP contribution in [0.5, 0.6) is 0 Å². The van der Waals surface area contributed by atoms with Crippen LogP contribution >= 0.6 is 11.6 Å². The number of hydrogen-bond donors (Lipinski definition) is 2. The molecule has 0 aromatic heterocycles. The highest BCUT2D eigenvalue weighted by Crippen LogP contribution is 2.08. The topological polar surface area (TPSA) is 58.2 Å². The molecule has 0 saturated carbocycles. The number of hydrogen-bond acceptors (Lipinski definition) is 2. The van der Waals surface area contributed by atoms with Gasteiger partial charge in [-0.3, -0.25) is 9.59 Å². The van der Waals surface area contributed by atoms with Gasteiger partial charge in [-0.05, 0) is 38.5 Å². The summed E-state index contributed by atoms with van der Waals surface area (Å²) in [5.74, 6) is -0.125. The van der Waals surface area contributed by atoms with Gasteiger partial charge >= 0.3 is 0 Å². The van der Waals surface area contributed by atoms with Gasteiger partial charge in [0.2, 0.25) is 5.91 Å². The number of rotatable bonds is 5. The average molecular weight is 283 g/mol.